The molecule has 0 bridgehead atoms. The van der Waals surface area contributed by atoms with Crippen LogP contribution >= 0.6 is 28.1 Å². The summed E-state index contributed by atoms with van der Waals surface area (Å²) in [6, 6.07) is 2.22. The molecule has 0 saturated heterocycles. The Morgan fingerprint density at radius 2 is 2.39 bits per heavy atom. The predicted molar refractivity (Wildman–Crippen MR) is 78.4 cm³/mol. The van der Waals surface area contributed by atoms with Crippen LogP contribution in [0.2, 0.25) is 0 Å². The van der Waals surface area contributed by atoms with Crippen LogP contribution in [0.3, 0.4) is 0 Å². The van der Waals surface area contributed by atoms with E-state index in [0.29, 0.717) is 11.4 Å². The Hall–Kier alpha value is -0.720. The van der Waals surface area contributed by atoms with Gasteiger partial charge in [-0.3, -0.25) is 4.57 Å². The van der Waals surface area contributed by atoms with Crippen molar-refractivity contribution in [1.29, 1.82) is 0 Å². The minimum atomic E-state index is 0.231. The first kappa shape index (κ1) is 13.7. The van der Waals surface area contributed by atoms with Crippen LogP contribution in [-0.2, 0) is 4.74 Å². The van der Waals surface area contributed by atoms with Gasteiger partial charge in [0.25, 0.3) is 0 Å². The fourth-order valence-electron chi connectivity index (χ4n) is 2.14. The number of aromatic nitrogens is 3. The maximum absolute atomic E-state index is 5.40. The maximum Gasteiger partial charge on any atom is 0.179 e. The van der Waals surface area contributed by atoms with E-state index in [1.807, 2.05) is 6.07 Å². The minimum Gasteiger partial charge on any atom is -0.383 e. The molecule has 0 spiro atoms. The Labute approximate surface area is 120 Å². The number of halogens is 1. The molecule has 98 valence electrons. The molecule has 1 unspecified atom stereocenters. The van der Waals surface area contributed by atoms with Gasteiger partial charge in [-0.05, 0) is 40.6 Å². The van der Waals surface area contributed by atoms with Crippen LogP contribution in [0.1, 0.15) is 25.8 Å². The molecule has 2 heterocycles. The van der Waals surface area contributed by atoms with Crippen molar-refractivity contribution in [2.75, 3.05) is 13.7 Å². The molecule has 4 nitrogen and oxygen atoms in total. The van der Waals surface area contributed by atoms with Gasteiger partial charge >= 0.3 is 0 Å². The van der Waals surface area contributed by atoms with E-state index in [0.717, 1.165) is 28.5 Å². The topological polar surface area (TPSA) is 42.8 Å². The van der Waals surface area contributed by atoms with Crippen molar-refractivity contribution in [3.8, 4) is 0 Å². The highest BCUT2D eigenvalue weighted by molar-refractivity contribution is 9.10. The molecule has 1 atom stereocenters. The van der Waals surface area contributed by atoms with Crippen LogP contribution < -0.4 is 0 Å². The number of ether oxygens (including phenoxy) is 1. The molecule has 2 aromatic rings. The molecule has 0 amide bonds. The van der Waals surface area contributed by atoms with Crippen LogP contribution in [0.4, 0.5) is 0 Å². The van der Waals surface area contributed by atoms with Gasteiger partial charge in [-0.2, -0.15) is 0 Å². The molecule has 1 N–H and O–H groups in total. The third-order valence-electron chi connectivity index (χ3n) is 2.87. The van der Waals surface area contributed by atoms with Gasteiger partial charge in [-0.25, -0.2) is 4.98 Å². The first-order chi connectivity index (χ1) is 8.67. The van der Waals surface area contributed by atoms with Gasteiger partial charge in [0.05, 0.1) is 18.2 Å². The predicted octanol–water partition coefficient (Wildman–Crippen LogP) is 3.84. The molecular formula is C12H16BrN3OS. The minimum absolute atomic E-state index is 0.231. The fraction of sp³-hybridized carbons (Fsp3) is 0.500. The second-order valence-corrected chi connectivity index (χ2v) is 5.53. The standard InChI is InChI=1S/C12H16BrN3OS/c1-3-4-9(7-17-2)16-11-10(15-12(16)18)5-8(13)6-14-11/h5-6,9H,3-4,7H2,1-2H3,(H,15,18). The monoisotopic (exact) mass is 329 g/mol. The summed E-state index contributed by atoms with van der Waals surface area (Å²) in [7, 11) is 1.71. The van der Waals surface area contributed by atoms with Gasteiger partial charge in [-0.15, -0.1) is 0 Å². The van der Waals surface area contributed by atoms with E-state index in [9.17, 15) is 0 Å². The smallest absolute Gasteiger partial charge is 0.179 e. The summed E-state index contributed by atoms with van der Waals surface area (Å²) in [6.07, 6.45) is 3.89. The summed E-state index contributed by atoms with van der Waals surface area (Å²) in [5.41, 5.74) is 1.84. The van der Waals surface area contributed by atoms with Crippen molar-refractivity contribution in [1.82, 2.24) is 14.5 Å². The number of pyridine rings is 1. The van der Waals surface area contributed by atoms with E-state index in [4.69, 9.17) is 17.0 Å². The number of methoxy groups -OCH3 is 1. The number of hydrogen-bond acceptors (Lipinski definition) is 3. The van der Waals surface area contributed by atoms with E-state index in [1.165, 1.54) is 0 Å². The summed E-state index contributed by atoms with van der Waals surface area (Å²) in [5.74, 6) is 0. The second kappa shape index (κ2) is 5.95. The zero-order valence-corrected chi connectivity index (χ0v) is 12.8. The normalized spacial score (nSPS) is 13.1. The second-order valence-electron chi connectivity index (χ2n) is 4.22. The molecule has 0 radical (unpaired) electrons. The lowest BCUT2D eigenvalue weighted by Gasteiger charge is -2.17. The Balaban J connectivity index is 2.54. The first-order valence-electron chi connectivity index (χ1n) is 5.92. The summed E-state index contributed by atoms with van der Waals surface area (Å²) in [6.45, 7) is 2.80. The quantitative estimate of drug-likeness (QED) is 0.847. The van der Waals surface area contributed by atoms with Gasteiger partial charge < -0.3 is 9.72 Å². The van der Waals surface area contributed by atoms with Crippen molar-refractivity contribution in [2.24, 2.45) is 0 Å². The van der Waals surface area contributed by atoms with Crippen LogP contribution in [0, 0.1) is 4.77 Å². The molecule has 2 aromatic heterocycles. The number of fused-ring (bicyclic) bond motifs is 1. The molecule has 0 aliphatic heterocycles. The van der Waals surface area contributed by atoms with Crippen LogP contribution in [0.25, 0.3) is 11.2 Å². The van der Waals surface area contributed by atoms with Crippen molar-refractivity contribution in [3.63, 3.8) is 0 Å². The molecule has 0 aromatic carbocycles. The average Bonchev–Trinajstić information content (AvgIpc) is 2.64. The third kappa shape index (κ3) is 2.65. The highest BCUT2D eigenvalue weighted by atomic mass is 79.9. The largest absolute Gasteiger partial charge is 0.383 e. The highest BCUT2D eigenvalue weighted by Gasteiger charge is 2.15. The molecule has 0 fully saturated rings. The van der Waals surface area contributed by atoms with E-state index in [2.05, 4.69) is 37.4 Å². The van der Waals surface area contributed by atoms with Crippen molar-refractivity contribution < 1.29 is 4.74 Å². The summed E-state index contributed by atoms with van der Waals surface area (Å²) >= 11 is 8.81. The summed E-state index contributed by atoms with van der Waals surface area (Å²) in [4.78, 5) is 7.64. The number of imidazole rings is 1. The van der Waals surface area contributed by atoms with Crippen LogP contribution in [-0.4, -0.2) is 28.3 Å². The van der Waals surface area contributed by atoms with Gasteiger partial charge in [0, 0.05) is 17.8 Å². The van der Waals surface area contributed by atoms with E-state index >= 15 is 0 Å². The van der Waals surface area contributed by atoms with E-state index in [-0.39, 0.29) is 6.04 Å². The Bertz CT molecular complexity index is 587. The lowest BCUT2D eigenvalue weighted by molar-refractivity contribution is 0.151. The van der Waals surface area contributed by atoms with E-state index in [1.54, 1.807) is 13.3 Å². The van der Waals surface area contributed by atoms with Crippen molar-refractivity contribution in [2.45, 2.75) is 25.8 Å². The Kier molecular flexibility index (Phi) is 4.53. The molecule has 18 heavy (non-hydrogen) atoms. The SMILES string of the molecule is CCCC(COC)n1c(=S)[nH]c2cc(Br)cnc21. The van der Waals surface area contributed by atoms with Crippen LogP contribution in [0.15, 0.2) is 16.7 Å². The third-order valence-corrected chi connectivity index (χ3v) is 3.60. The zero-order chi connectivity index (χ0) is 13.1. The Morgan fingerprint density at radius 3 is 3.06 bits per heavy atom. The Morgan fingerprint density at radius 1 is 1.61 bits per heavy atom. The molecule has 0 aliphatic rings. The molecule has 6 heteroatoms. The number of H-pyrrole nitrogens is 1. The summed E-state index contributed by atoms with van der Waals surface area (Å²) in [5, 5.41) is 0. The molecule has 0 saturated carbocycles. The molecule has 0 aliphatic carbocycles. The number of rotatable bonds is 5. The lowest BCUT2D eigenvalue weighted by Crippen LogP contribution is -2.15. The maximum atomic E-state index is 5.40. The van der Waals surface area contributed by atoms with Crippen LogP contribution in [0.5, 0.6) is 0 Å². The lowest BCUT2D eigenvalue weighted by atomic mass is 10.2. The van der Waals surface area contributed by atoms with Gasteiger partial charge in [0.2, 0.25) is 0 Å². The molecular weight excluding hydrogens is 314 g/mol. The number of nitrogens with one attached hydrogen (secondary N) is 1. The number of nitrogens with zero attached hydrogens (tertiary/aromatic N) is 2. The highest BCUT2D eigenvalue weighted by Crippen LogP contribution is 2.23. The molecule has 2 rings (SSSR count). The number of aromatic amines is 1. The number of hydrogen-bond donors (Lipinski definition) is 1. The first-order valence-corrected chi connectivity index (χ1v) is 7.12. The van der Waals surface area contributed by atoms with Gasteiger partial charge in [-0.1, -0.05) is 13.3 Å². The summed E-state index contributed by atoms with van der Waals surface area (Å²) < 4.78 is 8.99. The average molecular weight is 330 g/mol. The van der Waals surface area contributed by atoms with Gasteiger partial charge in [0.15, 0.2) is 10.4 Å². The fourth-order valence-corrected chi connectivity index (χ4v) is 2.82. The van der Waals surface area contributed by atoms with Crippen molar-refractivity contribution in [3.05, 3.63) is 21.5 Å². The van der Waals surface area contributed by atoms with Gasteiger partial charge in [0.1, 0.15) is 0 Å². The van der Waals surface area contributed by atoms with E-state index < -0.39 is 0 Å². The van der Waals surface area contributed by atoms with Crippen molar-refractivity contribution >= 4 is 39.3 Å². The zero-order valence-electron chi connectivity index (χ0n) is 10.4.